The van der Waals surface area contributed by atoms with E-state index in [0.717, 1.165) is 0 Å². The van der Waals surface area contributed by atoms with Crippen LogP contribution in [0.4, 0.5) is 4.79 Å². The lowest BCUT2D eigenvalue weighted by Gasteiger charge is -2.05. The van der Waals surface area contributed by atoms with E-state index in [1.165, 1.54) is 6.07 Å². The quantitative estimate of drug-likeness (QED) is 0.380. The zero-order valence-electron chi connectivity index (χ0n) is 6.53. The second-order valence-corrected chi connectivity index (χ2v) is 3.03. The molecule has 4 nitrogen and oxygen atoms in total. The molecular weight excluding hydrogens is 287 g/mol. The fraction of sp³-hybridized carbons (Fsp3) is 0.125. The number of carboxylic acid groups (broad SMARTS) is 1. The van der Waals surface area contributed by atoms with Gasteiger partial charge in [-0.3, -0.25) is 0 Å². The van der Waals surface area contributed by atoms with Crippen molar-refractivity contribution in [1.29, 1.82) is 0 Å². The minimum Gasteiger partial charge on any atom is -0.504 e. The van der Waals surface area contributed by atoms with Crippen molar-refractivity contribution in [3.8, 4) is 11.5 Å². The first-order valence-electron chi connectivity index (χ1n) is 3.42. The van der Waals surface area contributed by atoms with Gasteiger partial charge in [0.25, 0.3) is 0 Å². The molecule has 0 aliphatic rings. The van der Waals surface area contributed by atoms with E-state index in [4.69, 9.17) is 5.11 Å². The van der Waals surface area contributed by atoms with E-state index in [0.29, 0.717) is 9.99 Å². The Balaban J connectivity index is 3.01. The Morgan fingerprint density at radius 2 is 2.23 bits per heavy atom. The molecule has 1 rings (SSSR count). The SMILES string of the molecule is O=C(O)Oc1cccc(CI)c1O. The van der Waals surface area contributed by atoms with Crippen LogP contribution in [0.3, 0.4) is 0 Å². The Bertz CT molecular complexity index is 324. The van der Waals surface area contributed by atoms with E-state index >= 15 is 0 Å². The molecule has 0 saturated heterocycles. The first-order valence-corrected chi connectivity index (χ1v) is 4.95. The topological polar surface area (TPSA) is 66.8 Å². The van der Waals surface area contributed by atoms with Crippen molar-refractivity contribution in [1.82, 2.24) is 0 Å². The average Bonchev–Trinajstić information content (AvgIpc) is 2.08. The van der Waals surface area contributed by atoms with Gasteiger partial charge in [0, 0.05) is 9.99 Å². The monoisotopic (exact) mass is 294 g/mol. The number of halogens is 1. The van der Waals surface area contributed by atoms with Crippen molar-refractivity contribution in [2.75, 3.05) is 0 Å². The van der Waals surface area contributed by atoms with E-state index < -0.39 is 6.16 Å². The predicted octanol–water partition coefficient (Wildman–Crippen LogP) is 2.38. The van der Waals surface area contributed by atoms with Crippen LogP contribution in [0.2, 0.25) is 0 Å². The van der Waals surface area contributed by atoms with Gasteiger partial charge in [0.1, 0.15) is 0 Å². The van der Waals surface area contributed by atoms with E-state index in [1.54, 1.807) is 12.1 Å². The maximum Gasteiger partial charge on any atom is 0.511 e. The number of hydrogen-bond donors (Lipinski definition) is 2. The summed E-state index contributed by atoms with van der Waals surface area (Å²) in [5, 5.41) is 17.8. The lowest BCUT2D eigenvalue weighted by atomic mass is 10.2. The standard InChI is InChI=1S/C8H7IO4/c9-4-5-2-1-3-6(7(5)10)13-8(11)12/h1-3,10H,4H2,(H,11,12). The van der Waals surface area contributed by atoms with Gasteiger partial charge >= 0.3 is 6.16 Å². The number of rotatable bonds is 2. The Labute approximate surface area is 88.3 Å². The Hall–Kier alpha value is -0.980. The molecule has 0 amide bonds. The third kappa shape index (κ3) is 2.48. The summed E-state index contributed by atoms with van der Waals surface area (Å²) < 4.78 is 4.95. The van der Waals surface area contributed by atoms with Crippen molar-refractivity contribution in [2.24, 2.45) is 0 Å². The molecule has 0 aliphatic carbocycles. The zero-order valence-corrected chi connectivity index (χ0v) is 8.69. The van der Waals surface area contributed by atoms with Crippen LogP contribution in [0.5, 0.6) is 11.5 Å². The minimum absolute atomic E-state index is 0.0262. The fourth-order valence-electron chi connectivity index (χ4n) is 0.852. The molecule has 0 aliphatic heterocycles. The first-order chi connectivity index (χ1) is 6.15. The number of para-hydroxylation sites is 1. The van der Waals surface area contributed by atoms with Gasteiger partial charge < -0.3 is 14.9 Å². The molecule has 13 heavy (non-hydrogen) atoms. The van der Waals surface area contributed by atoms with Crippen molar-refractivity contribution >= 4 is 28.7 Å². The molecule has 5 heteroatoms. The lowest BCUT2D eigenvalue weighted by molar-refractivity contribution is 0.143. The molecular formula is C8H7IO4. The largest absolute Gasteiger partial charge is 0.511 e. The number of carbonyl (C=O) groups is 1. The van der Waals surface area contributed by atoms with Crippen LogP contribution in [-0.4, -0.2) is 16.4 Å². The highest BCUT2D eigenvalue weighted by atomic mass is 127. The van der Waals surface area contributed by atoms with Gasteiger partial charge in [0.05, 0.1) is 0 Å². The van der Waals surface area contributed by atoms with Gasteiger partial charge in [0.15, 0.2) is 11.5 Å². The third-order valence-electron chi connectivity index (χ3n) is 1.42. The van der Waals surface area contributed by atoms with Crippen LogP contribution in [0.25, 0.3) is 0 Å². The van der Waals surface area contributed by atoms with E-state index in [1.807, 2.05) is 0 Å². The molecule has 0 spiro atoms. The third-order valence-corrected chi connectivity index (χ3v) is 2.25. The van der Waals surface area contributed by atoms with E-state index in [2.05, 4.69) is 27.3 Å². The van der Waals surface area contributed by atoms with Crippen molar-refractivity contribution in [3.63, 3.8) is 0 Å². The minimum atomic E-state index is -1.43. The molecule has 1 aromatic rings. The second-order valence-electron chi connectivity index (χ2n) is 2.27. The van der Waals surface area contributed by atoms with Gasteiger partial charge in [-0.15, -0.1) is 0 Å². The number of hydrogen-bond acceptors (Lipinski definition) is 3. The maximum atomic E-state index is 10.2. The molecule has 0 unspecified atom stereocenters. The molecule has 0 fully saturated rings. The van der Waals surface area contributed by atoms with Crippen LogP contribution in [-0.2, 0) is 4.43 Å². The number of aromatic hydroxyl groups is 1. The number of ether oxygens (including phenoxy) is 1. The smallest absolute Gasteiger partial charge is 0.504 e. The van der Waals surface area contributed by atoms with Crippen LogP contribution < -0.4 is 4.74 Å². The number of phenolic OH excluding ortho intramolecular Hbond substituents is 1. The summed E-state index contributed by atoms with van der Waals surface area (Å²) in [5.41, 5.74) is 0.652. The summed E-state index contributed by atoms with van der Waals surface area (Å²) >= 11 is 2.07. The van der Waals surface area contributed by atoms with E-state index in [-0.39, 0.29) is 11.5 Å². The van der Waals surface area contributed by atoms with Gasteiger partial charge in [-0.1, -0.05) is 34.7 Å². The van der Waals surface area contributed by atoms with Gasteiger partial charge in [-0.05, 0) is 6.07 Å². The van der Waals surface area contributed by atoms with Crippen LogP contribution in [0.15, 0.2) is 18.2 Å². The summed E-state index contributed by atoms with van der Waals surface area (Å²) in [4.78, 5) is 10.2. The van der Waals surface area contributed by atoms with Crippen LogP contribution in [0, 0.1) is 0 Å². The summed E-state index contributed by atoms with van der Waals surface area (Å²) in [7, 11) is 0. The molecule has 0 bridgehead atoms. The van der Waals surface area contributed by atoms with Gasteiger partial charge in [-0.2, -0.15) is 0 Å². The highest BCUT2D eigenvalue weighted by Crippen LogP contribution is 2.31. The van der Waals surface area contributed by atoms with Crippen molar-refractivity contribution in [2.45, 2.75) is 4.43 Å². The van der Waals surface area contributed by atoms with Crippen LogP contribution in [0.1, 0.15) is 5.56 Å². The average molecular weight is 294 g/mol. The number of alkyl halides is 1. The summed E-state index contributed by atoms with van der Waals surface area (Å²) in [6.45, 7) is 0. The molecule has 1 aromatic carbocycles. The Morgan fingerprint density at radius 3 is 2.77 bits per heavy atom. The first kappa shape index (κ1) is 10.1. The molecule has 0 radical (unpaired) electrons. The van der Waals surface area contributed by atoms with Gasteiger partial charge in [-0.25, -0.2) is 4.79 Å². The second kappa shape index (κ2) is 4.31. The molecule has 2 N–H and O–H groups in total. The number of phenols is 1. The molecule has 0 saturated carbocycles. The summed E-state index contributed by atoms with van der Waals surface area (Å²) in [5.74, 6) is -0.138. The molecule has 0 atom stereocenters. The molecule has 0 heterocycles. The highest BCUT2D eigenvalue weighted by molar-refractivity contribution is 14.1. The van der Waals surface area contributed by atoms with Gasteiger partial charge in [0.2, 0.25) is 0 Å². The molecule has 70 valence electrons. The number of benzene rings is 1. The van der Waals surface area contributed by atoms with E-state index in [9.17, 15) is 9.90 Å². The Morgan fingerprint density at radius 1 is 1.54 bits per heavy atom. The fourth-order valence-corrected chi connectivity index (χ4v) is 1.47. The Kier molecular flexibility index (Phi) is 3.35. The summed E-state index contributed by atoms with van der Waals surface area (Å²) in [6, 6.07) is 4.74. The summed E-state index contributed by atoms with van der Waals surface area (Å²) in [6.07, 6.45) is -1.43. The maximum absolute atomic E-state index is 10.2. The van der Waals surface area contributed by atoms with Crippen molar-refractivity contribution in [3.05, 3.63) is 23.8 Å². The van der Waals surface area contributed by atoms with Crippen molar-refractivity contribution < 1.29 is 19.7 Å². The normalized spacial score (nSPS) is 9.62. The zero-order chi connectivity index (χ0) is 9.84. The predicted molar refractivity (Wildman–Crippen MR) is 54.5 cm³/mol. The van der Waals surface area contributed by atoms with Crippen LogP contribution >= 0.6 is 22.6 Å². The lowest BCUT2D eigenvalue weighted by Crippen LogP contribution is -2.03. The highest BCUT2D eigenvalue weighted by Gasteiger charge is 2.09. The molecule has 0 aromatic heterocycles.